The molecular weight excluding hydrogens is 438 g/mol. The Bertz CT molecular complexity index is 1280. The maximum absolute atomic E-state index is 13.8. The van der Waals surface area contributed by atoms with Gasteiger partial charge in [-0.2, -0.15) is 0 Å². The number of carbonyl (C=O) groups is 2. The number of likely N-dealkylation sites (N-methyl/N-ethyl adjacent to an activating group) is 1. The van der Waals surface area contributed by atoms with E-state index >= 15 is 0 Å². The number of ether oxygens (including phenoxy) is 1. The van der Waals surface area contributed by atoms with Gasteiger partial charge >= 0.3 is 11.7 Å². The molecule has 0 aliphatic carbocycles. The molecule has 3 aromatic rings. The zero-order chi connectivity index (χ0) is 24.1. The molecule has 0 spiro atoms. The first kappa shape index (κ1) is 23.4. The van der Waals surface area contributed by atoms with Gasteiger partial charge in [0, 0.05) is 6.54 Å². The number of nitrogens with zero attached hydrogens (tertiary/aromatic N) is 2. The van der Waals surface area contributed by atoms with Crippen LogP contribution in [0.1, 0.15) is 22.8 Å². The molecule has 0 saturated heterocycles. The van der Waals surface area contributed by atoms with Crippen molar-refractivity contribution in [3.05, 3.63) is 92.1 Å². The Hall–Kier alpha value is -4.28. The molecule has 9 nitrogen and oxygen atoms in total. The van der Waals surface area contributed by atoms with Gasteiger partial charge in [0.2, 0.25) is 0 Å². The second kappa shape index (κ2) is 9.90. The zero-order valence-electron chi connectivity index (χ0n) is 17.5. The van der Waals surface area contributed by atoms with Gasteiger partial charge < -0.3 is 15.4 Å². The van der Waals surface area contributed by atoms with Crippen molar-refractivity contribution in [1.82, 2.24) is 9.55 Å². The monoisotopic (exact) mass is 458 g/mol. The molecule has 0 unspecified atom stereocenters. The van der Waals surface area contributed by atoms with E-state index in [0.717, 1.165) is 33.2 Å². The Balaban J connectivity index is 1.87. The molecule has 0 fully saturated rings. The minimum Gasteiger partial charge on any atom is -0.452 e. The number of benzene rings is 2. The molecule has 0 bridgehead atoms. The Morgan fingerprint density at radius 1 is 1.06 bits per heavy atom. The molecule has 172 valence electrons. The number of halogens is 2. The van der Waals surface area contributed by atoms with Crippen molar-refractivity contribution in [2.75, 3.05) is 23.8 Å². The summed E-state index contributed by atoms with van der Waals surface area (Å²) in [7, 11) is 0. The number of rotatable bonds is 7. The van der Waals surface area contributed by atoms with Gasteiger partial charge in [-0.3, -0.25) is 19.1 Å². The van der Waals surface area contributed by atoms with Gasteiger partial charge in [-0.25, -0.2) is 18.4 Å². The highest BCUT2D eigenvalue weighted by molar-refractivity contribution is 5.98. The van der Waals surface area contributed by atoms with Crippen LogP contribution in [-0.4, -0.2) is 34.6 Å². The number of carbonyl (C=O) groups excluding carboxylic acids is 2. The molecule has 1 heterocycles. The molecule has 2 aromatic carbocycles. The van der Waals surface area contributed by atoms with Crippen molar-refractivity contribution in [3.63, 3.8) is 0 Å². The summed E-state index contributed by atoms with van der Waals surface area (Å²) in [5, 5.41) is 0. The number of nitrogens with two attached hydrogens (primary N) is 1. The van der Waals surface area contributed by atoms with Gasteiger partial charge in [0.05, 0.1) is 6.54 Å². The molecule has 1 aromatic heterocycles. The van der Waals surface area contributed by atoms with Crippen molar-refractivity contribution in [2.45, 2.75) is 13.5 Å². The van der Waals surface area contributed by atoms with E-state index in [-0.39, 0.29) is 24.6 Å². The molecular formula is C22H20F2N4O5. The van der Waals surface area contributed by atoms with Gasteiger partial charge in [-0.1, -0.05) is 36.4 Å². The molecule has 33 heavy (non-hydrogen) atoms. The lowest BCUT2D eigenvalue weighted by Crippen LogP contribution is -2.42. The minimum atomic E-state index is -1.38. The SMILES string of the molecule is CCN(C(=O)COC(=O)c1c(F)cccc1F)c1c(N)n(Cc2ccccc2)c(=O)[nH]c1=O. The highest BCUT2D eigenvalue weighted by Gasteiger charge is 2.25. The highest BCUT2D eigenvalue weighted by atomic mass is 19.1. The molecule has 0 radical (unpaired) electrons. The quantitative estimate of drug-likeness (QED) is 0.519. The summed E-state index contributed by atoms with van der Waals surface area (Å²) < 4.78 is 33.3. The molecule has 0 aliphatic rings. The van der Waals surface area contributed by atoms with E-state index in [0.29, 0.717) is 0 Å². The van der Waals surface area contributed by atoms with Gasteiger partial charge in [-0.15, -0.1) is 0 Å². The second-order valence-corrected chi connectivity index (χ2v) is 6.88. The van der Waals surface area contributed by atoms with Crippen LogP contribution in [0.2, 0.25) is 0 Å². The van der Waals surface area contributed by atoms with Crippen molar-refractivity contribution in [2.24, 2.45) is 0 Å². The molecule has 0 atom stereocenters. The lowest BCUT2D eigenvalue weighted by Gasteiger charge is -2.23. The van der Waals surface area contributed by atoms with E-state index in [9.17, 15) is 28.0 Å². The van der Waals surface area contributed by atoms with E-state index in [2.05, 4.69) is 4.98 Å². The predicted molar refractivity (Wildman–Crippen MR) is 116 cm³/mol. The molecule has 11 heteroatoms. The van der Waals surface area contributed by atoms with Crippen molar-refractivity contribution >= 4 is 23.4 Å². The van der Waals surface area contributed by atoms with Crippen LogP contribution in [-0.2, 0) is 16.1 Å². The van der Waals surface area contributed by atoms with Gasteiger partial charge in [0.1, 0.15) is 23.0 Å². The van der Waals surface area contributed by atoms with E-state index in [1.807, 2.05) is 0 Å². The Morgan fingerprint density at radius 3 is 2.30 bits per heavy atom. The first-order valence-electron chi connectivity index (χ1n) is 9.82. The van der Waals surface area contributed by atoms with Crippen LogP contribution in [0.5, 0.6) is 0 Å². The van der Waals surface area contributed by atoms with E-state index < -0.39 is 46.9 Å². The zero-order valence-corrected chi connectivity index (χ0v) is 17.5. The third-order valence-electron chi connectivity index (χ3n) is 4.78. The van der Waals surface area contributed by atoms with Gasteiger partial charge in [-0.05, 0) is 24.6 Å². The van der Waals surface area contributed by atoms with Crippen LogP contribution >= 0.6 is 0 Å². The fourth-order valence-corrected chi connectivity index (χ4v) is 3.19. The van der Waals surface area contributed by atoms with E-state index in [4.69, 9.17) is 10.5 Å². The maximum atomic E-state index is 13.8. The van der Waals surface area contributed by atoms with Crippen LogP contribution in [0.4, 0.5) is 20.3 Å². The number of hydrogen-bond donors (Lipinski definition) is 2. The average Bonchev–Trinajstić information content (AvgIpc) is 2.78. The summed E-state index contributed by atoms with van der Waals surface area (Å²) in [5.41, 5.74) is 3.86. The summed E-state index contributed by atoms with van der Waals surface area (Å²) in [6, 6.07) is 11.6. The van der Waals surface area contributed by atoms with Crippen LogP contribution in [0, 0.1) is 11.6 Å². The smallest absolute Gasteiger partial charge is 0.344 e. The predicted octanol–water partition coefficient (Wildman–Crippen LogP) is 1.66. The highest BCUT2D eigenvalue weighted by Crippen LogP contribution is 2.18. The Morgan fingerprint density at radius 2 is 1.70 bits per heavy atom. The number of anilines is 2. The number of esters is 1. The summed E-state index contributed by atoms with van der Waals surface area (Å²) >= 11 is 0. The minimum absolute atomic E-state index is 0.0303. The lowest BCUT2D eigenvalue weighted by atomic mass is 10.2. The number of nitrogen functional groups attached to an aromatic ring is 1. The lowest BCUT2D eigenvalue weighted by molar-refractivity contribution is -0.121. The van der Waals surface area contributed by atoms with Crippen molar-refractivity contribution < 1.29 is 23.1 Å². The third kappa shape index (κ3) is 4.97. The average molecular weight is 458 g/mol. The van der Waals surface area contributed by atoms with Crippen LogP contribution < -0.4 is 21.9 Å². The fourth-order valence-electron chi connectivity index (χ4n) is 3.19. The molecule has 0 saturated carbocycles. The molecule has 3 N–H and O–H groups in total. The summed E-state index contributed by atoms with van der Waals surface area (Å²) in [6.45, 7) is 0.572. The Labute approximate surface area is 186 Å². The summed E-state index contributed by atoms with van der Waals surface area (Å²) in [6.07, 6.45) is 0. The van der Waals surface area contributed by atoms with Crippen molar-refractivity contribution in [3.8, 4) is 0 Å². The standard InChI is InChI=1S/C22H20F2N4O5/c1-2-27(16(29)12-33-21(31)17-14(23)9-6-10-15(17)24)18-19(25)28(22(32)26-20(18)30)11-13-7-4-3-5-8-13/h3-10H,2,11-12,25H2,1H3,(H,26,30,32). The number of amides is 1. The normalized spacial score (nSPS) is 10.6. The first-order valence-corrected chi connectivity index (χ1v) is 9.82. The number of nitrogens with one attached hydrogen (secondary N) is 1. The van der Waals surface area contributed by atoms with E-state index in [1.54, 1.807) is 30.3 Å². The van der Waals surface area contributed by atoms with Gasteiger partial charge in [0.15, 0.2) is 12.3 Å². The van der Waals surface area contributed by atoms with E-state index in [1.165, 1.54) is 6.92 Å². The topological polar surface area (TPSA) is 127 Å². The summed E-state index contributed by atoms with van der Waals surface area (Å²) in [5.74, 6) is -4.83. The third-order valence-corrected chi connectivity index (χ3v) is 4.78. The molecule has 1 amide bonds. The van der Waals surface area contributed by atoms with Gasteiger partial charge in [0.25, 0.3) is 11.5 Å². The Kier molecular flexibility index (Phi) is 7.01. The fraction of sp³-hybridized carbons (Fsp3) is 0.182. The van der Waals surface area contributed by atoms with Crippen LogP contribution in [0.15, 0.2) is 58.1 Å². The maximum Gasteiger partial charge on any atom is 0.344 e. The largest absolute Gasteiger partial charge is 0.452 e. The first-order chi connectivity index (χ1) is 15.7. The number of aromatic nitrogens is 2. The summed E-state index contributed by atoms with van der Waals surface area (Å²) in [4.78, 5) is 52.6. The molecule has 3 rings (SSSR count). The number of H-pyrrole nitrogens is 1. The van der Waals surface area contributed by atoms with Crippen molar-refractivity contribution in [1.29, 1.82) is 0 Å². The van der Waals surface area contributed by atoms with Crippen LogP contribution in [0.3, 0.4) is 0 Å². The molecule has 0 aliphatic heterocycles. The number of hydrogen-bond acceptors (Lipinski definition) is 6. The second-order valence-electron chi connectivity index (χ2n) is 6.88. The number of aromatic amines is 1. The van der Waals surface area contributed by atoms with Crippen LogP contribution in [0.25, 0.3) is 0 Å².